The quantitative estimate of drug-likeness (QED) is 0.0903. The number of rotatable bonds is 12. The highest BCUT2D eigenvalue weighted by Gasteiger charge is 2.24. The van der Waals surface area contributed by atoms with E-state index in [0.29, 0.717) is 11.5 Å². The Labute approximate surface area is 520 Å². The van der Waals surface area contributed by atoms with Crippen molar-refractivity contribution < 1.29 is 9.30 Å². The molecule has 0 fully saturated rings. The Balaban J connectivity index is 0.833. The number of para-hydroxylation sites is 6. The second-order valence-electron chi connectivity index (χ2n) is 22.9. The third kappa shape index (κ3) is 9.13. The first kappa shape index (κ1) is 52.2. The first-order valence-electron chi connectivity index (χ1n) is 30.5. The number of aromatic nitrogens is 5. The van der Waals surface area contributed by atoms with E-state index in [9.17, 15) is 0 Å². The summed E-state index contributed by atoms with van der Waals surface area (Å²) in [4.78, 5) is 5.23. The van der Waals surface area contributed by atoms with Gasteiger partial charge in [0.05, 0.1) is 49.9 Å². The Morgan fingerprint density at radius 1 is 0.300 bits per heavy atom. The number of ether oxygens (including phenoxy) is 1. The molecule has 0 aliphatic carbocycles. The Morgan fingerprint density at radius 3 is 1.34 bits per heavy atom. The molecule has 0 unspecified atom stereocenters. The van der Waals surface area contributed by atoms with E-state index in [-0.39, 0.29) is 0 Å². The molecule has 17 aromatic rings. The summed E-state index contributed by atoms with van der Waals surface area (Å²) < 4.78 is 16.1. The molecular formula is C84H55N5O. The summed E-state index contributed by atoms with van der Waals surface area (Å²) >= 11 is 0. The van der Waals surface area contributed by atoms with Gasteiger partial charge in [0.1, 0.15) is 17.3 Å². The molecular weight excluding hydrogens is 1090 g/mol. The maximum Gasteiger partial charge on any atom is 0.269 e. The Morgan fingerprint density at radius 2 is 0.756 bits per heavy atom. The van der Waals surface area contributed by atoms with Crippen LogP contribution in [0.25, 0.3) is 144 Å². The molecule has 0 amide bonds. The first-order chi connectivity index (χ1) is 44.6. The summed E-state index contributed by atoms with van der Waals surface area (Å²) in [6.45, 7) is 0. The van der Waals surface area contributed by atoms with Crippen LogP contribution in [-0.4, -0.2) is 18.7 Å². The zero-order chi connectivity index (χ0) is 59.5. The summed E-state index contributed by atoms with van der Waals surface area (Å²) in [7, 11) is 0. The molecule has 6 heteroatoms. The standard InChI is InChI=1S/C84H55N5O/c1-6-24-57(25-7-1)61-48-62(58-26-8-2-9-27-58)51-65(50-61)71-38-23-39-72(66-52-63(59-28-10-3-11-29-59)49-64(53-66)60-30-12-4-13-31-60)83(71)87-56-86(78-42-20-21-43-79(78)87)68-34-22-35-69(54-68)90-70-44-45-74-73-36-16-18-40-76(73)89(81(74)55-70)84-82-75-37-17-19-41-77(75)88(80(82)46-47-85-84)67-32-14-5-15-33-67/h1-55H. The normalized spacial score (nSPS) is 11.6. The largest absolute Gasteiger partial charge is 0.458 e. The highest BCUT2D eigenvalue weighted by Crippen LogP contribution is 2.43. The van der Waals surface area contributed by atoms with E-state index in [2.05, 4.69) is 346 Å². The average molecular weight is 1150 g/mol. The molecule has 17 rings (SSSR count). The van der Waals surface area contributed by atoms with Gasteiger partial charge in [-0.05, 0) is 164 Å². The minimum absolute atomic E-state index is 0.692. The van der Waals surface area contributed by atoms with Gasteiger partial charge >= 0.3 is 0 Å². The minimum atomic E-state index is 0.692. The van der Waals surface area contributed by atoms with Crippen molar-refractivity contribution in [1.29, 1.82) is 0 Å². The fraction of sp³-hybridized carbons (Fsp3) is 0. The predicted molar refractivity (Wildman–Crippen MR) is 369 cm³/mol. The molecule has 4 heterocycles. The molecule has 0 radical (unpaired) electrons. The van der Waals surface area contributed by atoms with Crippen LogP contribution in [0.3, 0.4) is 0 Å². The van der Waals surface area contributed by atoms with Crippen LogP contribution in [0, 0.1) is 6.33 Å². The van der Waals surface area contributed by atoms with Crippen LogP contribution >= 0.6 is 0 Å². The van der Waals surface area contributed by atoms with Gasteiger partial charge in [0.2, 0.25) is 0 Å². The summed E-state index contributed by atoms with van der Waals surface area (Å²) in [6.07, 6.45) is 5.92. The van der Waals surface area contributed by atoms with Crippen LogP contribution in [0.5, 0.6) is 11.5 Å². The van der Waals surface area contributed by atoms with Crippen molar-refractivity contribution in [2.45, 2.75) is 0 Å². The van der Waals surface area contributed by atoms with Crippen molar-refractivity contribution in [2.75, 3.05) is 0 Å². The number of nitrogens with zero attached hydrogens (tertiary/aromatic N) is 5. The Bertz CT molecular complexity index is 5290. The molecule has 0 saturated carbocycles. The summed E-state index contributed by atoms with van der Waals surface area (Å²) in [6, 6.07) is 117. The smallest absolute Gasteiger partial charge is 0.269 e. The number of hydrogen-bond donors (Lipinski definition) is 0. The van der Waals surface area contributed by atoms with Crippen molar-refractivity contribution >= 4 is 54.6 Å². The van der Waals surface area contributed by atoms with Crippen molar-refractivity contribution in [2.24, 2.45) is 0 Å². The van der Waals surface area contributed by atoms with Gasteiger partial charge in [-0.1, -0.05) is 224 Å². The second kappa shape index (κ2) is 22.0. The van der Waals surface area contributed by atoms with Crippen LogP contribution < -0.4 is 9.30 Å². The summed E-state index contributed by atoms with van der Waals surface area (Å²) in [5.41, 5.74) is 22.7. The van der Waals surface area contributed by atoms with E-state index < -0.39 is 0 Å². The van der Waals surface area contributed by atoms with Crippen molar-refractivity contribution in [3.8, 4) is 101 Å². The van der Waals surface area contributed by atoms with E-state index in [1.807, 2.05) is 12.3 Å². The number of hydrogen-bond acceptors (Lipinski definition) is 2. The zero-order valence-corrected chi connectivity index (χ0v) is 48.9. The molecule has 0 bridgehead atoms. The minimum Gasteiger partial charge on any atom is -0.458 e. The van der Waals surface area contributed by atoms with Gasteiger partial charge in [0.25, 0.3) is 6.33 Å². The van der Waals surface area contributed by atoms with Crippen molar-refractivity contribution in [3.05, 3.63) is 340 Å². The van der Waals surface area contributed by atoms with E-state index >= 15 is 0 Å². The summed E-state index contributed by atoms with van der Waals surface area (Å²) in [5, 5.41) is 4.46. The fourth-order valence-corrected chi connectivity index (χ4v) is 13.4. The highest BCUT2D eigenvalue weighted by atomic mass is 16.5. The lowest BCUT2D eigenvalue weighted by molar-refractivity contribution is -0.571. The number of fused-ring (bicyclic) bond motifs is 7. The topological polar surface area (TPSA) is 40.8 Å². The monoisotopic (exact) mass is 1150 g/mol. The van der Waals surface area contributed by atoms with Crippen LogP contribution in [0.1, 0.15) is 0 Å². The Hall–Kier alpha value is -12.1. The Kier molecular flexibility index (Phi) is 12.8. The van der Waals surface area contributed by atoms with E-state index in [1.165, 1.54) is 0 Å². The summed E-state index contributed by atoms with van der Waals surface area (Å²) in [5.74, 6) is 2.26. The van der Waals surface area contributed by atoms with Crippen molar-refractivity contribution in [3.63, 3.8) is 0 Å². The van der Waals surface area contributed by atoms with Gasteiger partial charge in [0, 0.05) is 34.1 Å². The molecule has 0 aliphatic heterocycles. The molecule has 0 aliphatic rings. The van der Waals surface area contributed by atoms with Crippen LogP contribution in [-0.2, 0) is 0 Å². The lowest BCUT2D eigenvalue weighted by Crippen LogP contribution is -2.31. The molecule has 6 nitrogen and oxygen atoms in total. The first-order valence-corrected chi connectivity index (χ1v) is 30.5. The van der Waals surface area contributed by atoms with E-state index in [0.717, 1.165) is 144 Å². The molecule has 4 aromatic heterocycles. The molecule has 0 atom stereocenters. The lowest BCUT2D eigenvalue weighted by atomic mass is 9.89. The van der Waals surface area contributed by atoms with Gasteiger partial charge in [-0.3, -0.25) is 13.7 Å². The zero-order valence-electron chi connectivity index (χ0n) is 48.9. The average Bonchev–Trinajstić information content (AvgIpc) is 1.56. The van der Waals surface area contributed by atoms with Gasteiger partial charge in [0.15, 0.2) is 0 Å². The molecule has 0 N–H and O–H groups in total. The highest BCUT2D eigenvalue weighted by molar-refractivity contribution is 6.16. The number of benzene rings is 13. The van der Waals surface area contributed by atoms with Gasteiger partial charge in [-0.2, -0.15) is 0 Å². The van der Waals surface area contributed by atoms with Crippen LogP contribution in [0.2, 0.25) is 0 Å². The van der Waals surface area contributed by atoms with Crippen LogP contribution in [0.15, 0.2) is 334 Å². The SMILES string of the molecule is [c-]1n(-c2cccc(Oc3ccc4c5ccccc5n(-c5nccc6c5c5ccccc5n6-c5ccccc5)c4c3)c2)c2ccccc2[n+]1-c1c(-c2cc(-c3ccccc3)cc(-c3ccccc3)c2)cccc1-c1cc(-c2ccccc2)cc(-c2ccccc2)c1. The predicted octanol–water partition coefficient (Wildman–Crippen LogP) is 21.1. The maximum absolute atomic E-state index is 7.03. The van der Waals surface area contributed by atoms with Crippen LogP contribution in [0.4, 0.5) is 0 Å². The van der Waals surface area contributed by atoms with Gasteiger partial charge < -0.3 is 9.30 Å². The number of imidazole rings is 1. The maximum atomic E-state index is 7.03. The molecule has 90 heavy (non-hydrogen) atoms. The molecule has 13 aromatic carbocycles. The molecule has 0 saturated heterocycles. The fourth-order valence-electron chi connectivity index (χ4n) is 13.4. The van der Waals surface area contributed by atoms with Gasteiger partial charge in [-0.15, -0.1) is 0 Å². The van der Waals surface area contributed by atoms with Crippen molar-refractivity contribution in [1.82, 2.24) is 18.7 Å². The second-order valence-corrected chi connectivity index (χ2v) is 22.9. The lowest BCUT2D eigenvalue weighted by Gasteiger charge is -2.20. The molecule has 0 spiro atoms. The van der Waals surface area contributed by atoms with E-state index in [1.54, 1.807) is 0 Å². The van der Waals surface area contributed by atoms with E-state index in [4.69, 9.17) is 9.72 Å². The third-order valence-corrected chi connectivity index (χ3v) is 17.5. The third-order valence-electron chi connectivity index (χ3n) is 17.5. The van der Waals surface area contributed by atoms with Gasteiger partial charge in [-0.25, -0.2) is 4.98 Å². The number of pyridine rings is 1. The molecule has 422 valence electrons.